The van der Waals surface area contributed by atoms with Crippen LogP contribution in [0.15, 0.2) is 11.8 Å². The molecule has 0 aromatic heterocycles. The molecule has 0 nitrogen and oxygen atoms in total. The zero-order valence-electron chi connectivity index (χ0n) is 19.1. The lowest BCUT2D eigenvalue weighted by molar-refractivity contribution is 0.615. The van der Waals surface area contributed by atoms with Crippen LogP contribution in [0.4, 0.5) is 0 Å². The van der Waals surface area contributed by atoms with Crippen LogP contribution in [-0.2, 0) is 0 Å². The number of rotatable bonds is 20. The van der Waals surface area contributed by atoms with Crippen molar-refractivity contribution in [2.75, 3.05) is 0 Å². The average molecular weight is 381 g/mol. The van der Waals surface area contributed by atoms with E-state index in [1.54, 1.807) is 12.1 Å². The molecule has 0 fully saturated rings. The first-order valence-electron chi connectivity index (χ1n) is 12.4. The molecule has 0 unspecified atom stereocenters. The topological polar surface area (TPSA) is 0 Å². The Hall–Kier alpha value is -0.0431. The minimum Gasteiger partial charge on any atom is -0.0984 e. The molecule has 0 saturated carbocycles. The Bertz CT molecular complexity index is 279. The molecular formula is C25H52Si. The van der Waals surface area contributed by atoms with E-state index in [9.17, 15) is 0 Å². The summed E-state index contributed by atoms with van der Waals surface area (Å²) in [6, 6.07) is 3.08. The third kappa shape index (κ3) is 17.4. The minimum absolute atomic E-state index is 1.14. The summed E-state index contributed by atoms with van der Waals surface area (Å²) in [6.07, 6.45) is 26.9. The highest BCUT2D eigenvalue weighted by Gasteiger charge is 2.22. The summed E-state index contributed by atoms with van der Waals surface area (Å²) in [6.45, 7) is 9.61. The standard InChI is InChI=1S/C25H52Si/c1-5-8-11-14-17-20-23-26(4,24-21-18-15-12-9-6-2)25-22-19-16-13-10-7-3/h20,23H,5-19,21-22,24-25H2,1-4H3. The van der Waals surface area contributed by atoms with E-state index in [0.29, 0.717) is 0 Å². The van der Waals surface area contributed by atoms with Crippen LogP contribution in [0.25, 0.3) is 0 Å². The smallest absolute Gasteiger partial charge is 0.0743 e. The summed E-state index contributed by atoms with van der Waals surface area (Å²) in [4.78, 5) is 0. The predicted octanol–water partition coefficient (Wildman–Crippen LogP) is 9.85. The molecule has 0 aromatic rings. The van der Waals surface area contributed by atoms with E-state index >= 15 is 0 Å². The van der Waals surface area contributed by atoms with Gasteiger partial charge in [-0.15, -0.1) is 0 Å². The van der Waals surface area contributed by atoms with Gasteiger partial charge < -0.3 is 0 Å². The maximum absolute atomic E-state index is 2.75. The lowest BCUT2D eigenvalue weighted by atomic mass is 10.1. The SMILES string of the molecule is CCCCCCC=C[Si](C)(CCCCCCCC)CCCCCCCC. The summed E-state index contributed by atoms with van der Waals surface area (Å²) in [5.41, 5.74) is 2.75. The van der Waals surface area contributed by atoms with E-state index in [1.807, 2.05) is 0 Å². The first-order chi connectivity index (χ1) is 12.7. The van der Waals surface area contributed by atoms with Crippen LogP contribution in [0, 0.1) is 0 Å². The van der Waals surface area contributed by atoms with Crippen LogP contribution in [0.3, 0.4) is 0 Å². The maximum Gasteiger partial charge on any atom is 0.0743 e. The second-order valence-electron chi connectivity index (χ2n) is 8.94. The van der Waals surface area contributed by atoms with Gasteiger partial charge >= 0.3 is 0 Å². The normalized spacial score (nSPS) is 12.3. The van der Waals surface area contributed by atoms with Gasteiger partial charge in [0.2, 0.25) is 0 Å². The number of hydrogen-bond acceptors (Lipinski definition) is 0. The second kappa shape index (κ2) is 19.7. The molecule has 0 aromatic carbocycles. The number of hydrogen-bond donors (Lipinski definition) is 0. The van der Waals surface area contributed by atoms with E-state index in [0.717, 1.165) is 0 Å². The molecule has 0 N–H and O–H groups in total. The fraction of sp³-hybridized carbons (Fsp3) is 0.920. The van der Waals surface area contributed by atoms with Gasteiger partial charge in [-0.25, -0.2) is 0 Å². The van der Waals surface area contributed by atoms with Gasteiger partial charge in [-0.2, -0.15) is 0 Å². The van der Waals surface area contributed by atoms with Crippen molar-refractivity contribution in [3.8, 4) is 0 Å². The second-order valence-corrected chi connectivity index (χ2v) is 13.6. The largest absolute Gasteiger partial charge is 0.0984 e. The van der Waals surface area contributed by atoms with Crippen LogP contribution < -0.4 is 0 Å². The fourth-order valence-electron chi connectivity index (χ4n) is 3.97. The fourth-order valence-corrected chi connectivity index (χ4v) is 7.40. The van der Waals surface area contributed by atoms with Crippen LogP contribution in [-0.4, -0.2) is 8.07 Å². The Balaban J connectivity index is 4.16. The molecule has 0 aliphatic carbocycles. The quantitative estimate of drug-likeness (QED) is 0.145. The summed E-state index contributed by atoms with van der Waals surface area (Å²) in [5, 5.41) is 0. The molecule has 156 valence electrons. The molecule has 0 rings (SSSR count). The van der Waals surface area contributed by atoms with Crippen molar-refractivity contribution in [2.45, 2.75) is 149 Å². The van der Waals surface area contributed by atoms with E-state index in [4.69, 9.17) is 0 Å². The first kappa shape index (κ1) is 26.0. The molecule has 0 bridgehead atoms. The van der Waals surface area contributed by atoms with Gasteiger partial charge in [0.05, 0.1) is 8.07 Å². The van der Waals surface area contributed by atoms with Gasteiger partial charge in [0.25, 0.3) is 0 Å². The molecular weight excluding hydrogens is 328 g/mol. The molecule has 26 heavy (non-hydrogen) atoms. The average Bonchev–Trinajstić information content (AvgIpc) is 2.64. The van der Waals surface area contributed by atoms with Crippen LogP contribution in [0.5, 0.6) is 0 Å². The Morgan fingerprint density at radius 2 is 0.885 bits per heavy atom. The molecule has 0 heterocycles. The van der Waals surface area contributed by atoms with E-state index in [-0.39, 0.29) is 0 Å². The Morgan fingerprint density at radius 1 is 0.500 bits per heavy atom. The summed E-state index contributed by atoms with van der Waals surface area (Å²) in [7, 11) is -1.14. The van der Waals surface area contributed by atoms with Crippen molar-refractivity contribution in [3.63, 3.8) is 0 Å². The molecule has 0 aliphatic heterocycles. The van der Waals surface area contributed by atoms with E-state index in [2.05, 4.69) is 39.1 Å². The molecule has 0 atom stereocenters. The highest BCUT2D eigenvalue weighted by Crippen LogP contribution is 2.25. The Morgan fingerprint density at radius 3 is 1.35 bits per heavy atom. The van der Waals surface area contributed by atoms with Crippen molar-refractivity contribution in [2.24, 2.45) is 0 Å². The third-order valence-corrected chi connectivity index (χ3v) is 9.98. The number of unbranched alkanes of at least 4 members (excludes halogenated alkanes) is 14. The molecule has 0 spiro atoms. The molecule has 0 aliphatic rings. The van der Waals surface area contributed by atoms with Gasteiger partial charge in [0.1, 0.15) is 0 Å². The van der Waals surface area contributed by atoms with Crippen LogP contribution in [0.2, 0.25) is 18.6 Å². The molecule has 0 amide bonds. The summed E-state index contributed by atoms with van der Waals surface area (Å²) < 4.78 is 0. The Labute approximate surface area is 168 Å². The summed E-state index contributed by atoms with van der Waals surface area (Å²) >= 11 is 0. The predicted molar refractivity (Wildman–Crippen MR) is 126 cm³/mol. The van der Waals surface area contributed by atoms with Gasteiger partial charge in [0, 0.05) is 0 Å². The zero-order chi connectivity index (χ0) is 19.3. The van der Waals surface area contributed by atoms with Gasteiger partial charge in [-0.3, -0.25) is 0 Å². The van der Waals surface area contributed by atoms with Crippen LogP contribution >= 0.6 is 0 Å². The lowest BCUT2D eigenvalue weighted by Gasteiger charge is -2.24. The summed E-state index contributed by atoms with van der Waals surface area (Å²) in [5.74, 6) is 0. The first-order valence-corrected chi connectivity index (χ1v) is 15.4. The monoisotopic (exact) mass is 380 g/mol. The highest BCUT2D eigenvalue weighted by molar-refractivity contribution is 6.83. The third-order valence-electron chi connectivity index (χ3n) is 5.95. The maximum atomic E-state index is 2.75. The van der Waals surface area contributed by atoms with Gasteiger partial charge in [-0.05, 0) is 12.8 Å². The van der Waals surface area contributed by atoms with E-state index in [1.165, 1.54) is 109 Å². The highest BCUT2D eigenvalue weighted by atomic mass is 28.3. The molecule has 1 heteroatoms. The van der Waals surface area contributed by atoms with Gasteiger partial charge in [-0.1, -0.05) is 147 Å². The van der Waals surface area contributed by atoms with Gasteiger partial charge in [0.15, 0.2) is 0 Å². The molecule has 0 radical (unpaired) electrons. The zero-order valence-corrected chi connectivity index (χ0v) is 20.1. The Kier molecular flexibility index (Phi) is 19.7. The van der Waals surface area contributed by atoms with E-state index < -0.39 is 8.07 Å². The minimum atomic E-state index is -1.14. The van der Waals surface area contributed by atoms with Crippen molar-refractivity contribution < 1.29 is 0 Å². The lowest BCUT2D eigenvalue weighted by Crippen LogP contribution is -2.27. The van der Waals surface area contributed by atoms with Crippen LogP contribution in [0.1, 0.15) is 130 Å². The molecule has 0 saturated heterocycles. The van der Waals surface area contributed by atoms with Crippen molar-refractivity contribution in [1.82, 2.24) is 0 Å². The van der Waals surface area contributed by atoms with Crippen molar-refractivity contribution >= 4 is 8.07 Å². The van der Waals surface area contributed by atoms with Crippen molar-refractivity contribution in [3.05, 3.63) is 11.8 Å². The van der Waals surface area contributed by atoms with Crippen molar-refractivity contribution in [1.29, 1.82) is 0 Å². The number of allylic oxidation sites excluding steroid dienone is 1.